The Morgan fingerprint density at radius 2 is 1.46 bits per heavy atom. The second-order valence-electron chi connectivity index (χ2n) is 12.9. The van der Waals surface area contributed by atoms with Crippen LogP contribution in [0, 0.1) is 13.8 Å². The summed E-state index contributed by atoms with van der Waals surface area (Å²) in [6.07, 6.45) is 7.38. The van der Waals surface area contributed by atoms with E-state index >= 15 is 0 Å². The molecular weight excluding hydrogens is 472 g/mol. The van der Waals surface area contributed by atoms with Gasteiger partial charge in [-0.3, -0.25) is 0 Å². The summed E-state index contributed by atoms with van der Waals surface area (Å²) in [4.78, 5) is 5.14. The molecule has 0 bridgehead atoms. The third-order valence-corrected chi connectivity index (χ3v) is 9.24. The number of fused-ring (bicyclic) bond motifs is 1. The zero-order valence-electron chi connectivity index (χ0n) is 25.7. The van der Waals surface area contributed by atoms with Crippen LogP contribution in [-0.2, 0) is 7.05 Å². The third-order valence-electron chi connectivity index (χ3n) is 9.24. The molecule has 39 heavy (non-hydrogen) atoms. The summed E-state index contributed by atoms with van der Waals surface area (Å²) in [6.45, 7) is 18.5. The number of benzene rings is 3. The average molecular weight is 520 g/mol. The standard InChI is InChI=1S/C37H47N2/c1-22(2)28-18-31(23(3)4)36(32(19-28)24(5)6)29-17-25(7)26(8)33(20-29)35-21-38-37-30(27-13-10-11-14-27)15-12-16-34(37)39(35)9/h12,15-24,27H,10-11,13-14H2,1-9H3/q+1. The molecule has 3 aromatic carbocycles. The van der Waals surface area contributed by atoms with E-state index in [0.29, 0.717) is 23.7 Å². The highest BCUT2D eigenvalue weighted by molar-refractivity contribution is 5.81. The highest BCUT2D eigenvalue weighted by atomic mass is 15.0. The van der Waals surface area contributed by atoms with Gasteiger partial charge in [-0.25, -0.2) is 4.98 Å². The Balaban J connectivity index is 1.73. The molecule has 0 atom stereocenters. The van der Waals surface area contributed by atoms with Crippen LogP contribution in [0.15, 0.2) is 48.7 Å². The highest BCUT2D eigenvalue weighted by Gasteiger charge is 2.26. The third kappa shape index (κ3) is 5.04. The van der Waals surface area contributed by atoms with Gasteiger partial charge in [-0.15, -0.1) is 0 Å². The number of rotatable bonds is 6. The van der Waals surface area contributed by atoms with E-state index in [1.807, 2.05) is 0 Å². The predicted octanol–water partition coefficient (Wildman–Crippen LogP) is 10.0. The van der Waals surface area contributed by atoms with Crippen LogP contribution in [0.1, 0.15) is 124 Å². The van der Waals surface area contributed by atoms with Crippen molar-refractivity contribution < 1.29 is 4.57 Å². The van der Waals surface area contributed by atoms with Crippen LogP contribution in [0.25, 0.3) is 33.4 Å². The van der Waals surface area contributed by atoms with Crippen molar-refractivity contribution in [3.05, 3.63) is 82.0 Å². The Morgan fingerprint density at radius 1 is 0.821 bits per heavy atom. The molecule has 0 N–H and O–H groups in total. The van der Waals surface area contributed by atoms with E-state index in [9.17, 15) is 0 Å². The molecule has 0 unspecified atom stereocenters. The zero-order chi connectivity index (χ0) is 28.0. The largest absolute Gasteiger partial charge is 0.243 e. The van der Waals surface area contributed by atoms with Crippen molar-refractivity contribution >= 4 is 11.0 Å². The summed E-state index contributed by atoms with van der Waals surface area (Å²) >= 11 is 0. The van der Waals surface area contributed by atoms with Gasteiger partial charge in [0.25, 0.3) is 0 Å². The van der Waals surface area contributed by atoms with Crippen LogP contribution < -0.4 is 4.57 Å². The number of para-hydroxylation sites is 1. The van der Waals surface area contributed by atoms with E-state index in [2.05, 4.69) is 116 Å². The SMILES string of the molecule is Cc1cc(-c2c(C(C)C)cc(C(C)C)cc2C(C)C)cc(-c2cnc3c(C4CCCC4)cccc3[n+]2C)c1C. The fourth-order valence-electron chi connectivity index (χ4n) is 6.68. The number of hydrogen-bond acceptors (Lipinski definition) is 1. The van der Waals surface area contributed by atoms with Crippen LogP contribution in [0.3, 0.4) is 0 Å². The maximum atomic E-state index is 5.14. The lowest BCUT2D eigenvalue weighted by molar-refractivity contribution is -0.634. The second-order valence-corrected chi connectivity index (χ2v) is 12.9. The zero-order valence-corrected chi connectivity index (χ0v) is 25.7. The molecule has 1 aromatic heterocycles. The molecule has 1 aliphatic carbocycles. The lowest BCUT2D eigenvalue weighted by Gasteiger charge is -2.24. The first-order valence-electron chi connectivity index (χ1n) is 15.2. The van der Waals surface area contributed by atoms with E-state index in [-0.39, 0.29) is 0 Å². The van der Waals surface area contributed by atoms with E-state index in [4.69, 9.17) is 4.98 Å². The van der Waals surface area contributed by atoms with Gasteiger partial charge in [-0.1, -0.05) is 84.7 Å². The fourth-order valence-corrected chi connectivity index (χ4v) is 6.68. The van der Waals surface area contributed by atoms with Crippen molar-refractivity contribution in [2.75, 3.05) is 0 Å². The van der Waals surface area contributed by atoms with Crippen LogP contribution in [0.4, 0.5) is 0 Å². The molecule has 204 valence electrons. The molecule has 0 saturated heterocycles. The lowest BCUT2D eigenvalue weighted by Crippen LogP contribution is -2.33. The lowest BCUT2D eigenvalue weighted by atomic mass is 9.80. The van der Waals surface area contributed by atoms with Crippen LogP contribution in [0.5, 0.6) is 0 Å². The van der Waals surface area contributed by atoms with Crippen molar-refractivity contribution in [1.82, 2.24) is 4.98 Å². The molecule has 5 rings (SSSR count). The molecule has 0 spiro atoms. The van der Waals surface area contributed by atoms with Gasteiger partial charge in [-0.05, 0) is 101 Å². The van der Waals surface area contributed by atoms with Gasteiger partial charge in [0, 0.05) is 6.07 Å². The van der Waals surface area contributed by atoms with Gasteiger partial charge >= 0.3 is 0 Å². The van der Waals surface area contributed by atoms with Gasteiger partial charge in [0.1, 0.15) is 18.8 Å². The van der Waals surface area contributed by atoms with Gasteiger partial charge in [-0.2, -0.15) is 4.57 Å². The number of nitrogens with zero attached hydrogens (tertiary/aromatic N) is 2. The molecule has 0 amide bonds. The first-order chi connectivity index (χ1) is 18.6. The summed E-state index contributed by atoms with van der Waals surface area (Å²) < 4.78 is 2.38. The Morgan fingerprint density at radius 3 is 2.05 bits per heavy atom. The molecule has 1 fully saturated rings. The average Bonchev–Trinajstić information content (AvgIpc) is 3.44. The molecule has 1 heterocycles. The van der Waals surface area contributed by atoms with Crippen molar-refractivity contribution in [2.45, 2.75) is 105 Å². The Labute approximate surface area is 236 Å². The quantitative estimate of drug-likeness (QED) is 0.232. The predicted molar refractivity (Wildman–Crippen MR) is 167 cm³/mol. The van der Waals surface area contributed by atoms with E-state index in [1.165, 1.54) is 92.5 Å². The summed E-state index contributed by atoms with van der Waals surface area (Å²) in [6, 6.07) is 16.6. The molecule has 1 aliphatic rings. The number of hydrogen-bond donors (Lipinski definition) is 0. The summed E-state index contributed by atoms with van der Waals surface area (Å²) in [5, 5.41) is 0. The smallest absolute Gasteiger partial charge is 0.231 e. The maximum absolute atomic E-state index is 5.14. The summed E-state index contributed by atoms with van der Waals surface area (Å²) in [5.41, 5.74) is 16.1. The first-order valence-corrected chi connectivity index (χ1v) is 15.2. The van der Waals surface area contributed by atoms with Crippen molar-refractivity contribution in [3.63, 3.8) is 0 Å². The number of aromatic nitrogens is 2. The van der Waals surface area contributed by atoms with Crippen LogP contribution in [-0.4, -0.2) is 4.98 Å². The van der Waals surface area contributed by atoms with E-state index < -0.39 is 0 Å². The second kappa shape index (κ2) is 10.9. The Hall–Kier alpha value is -3.00. The van der Waals surface area contributed by atoms with Crippen LogP contribution in [0.2, 0.25) is 0 Å². The fraction of sp³-hybridized carbons (Fsp3) is 0.459. The monoisotopic (exact) mass is 519 g/mol. The molecule has 0 aliphatic heterocycles. The van der Waals surface area contributed by atoms with Gasteiger partial charge < -0.3 is 0 Å². The summed E-state index contributed by atoms with van der Waals surface area (Å²) in [7, 11) is 2.22. The first kappa shape index (κ1) is 27.6. The highest BCUT2D eigenvalue weighted by Crippen LogP contribution is 2.41. The summed E-state index contributed by atoms with van der Waals surface area (Å²) in [5.74, 6) is 2.07. The molecule has 1 saturated carbocycles. The number of aryl methyl sites for hydroxylation is 2. The molecule has 4 aromatic rings. The maximum Gasteiger partial charge on any atom is 0.231 e. The Kier molecular flexibility index (Phi) is 7.68. The van der Waals surface area contributed by atoms with Crippen molar-refractivity contribution in [3.8, 4) is 22.4 Å². The van der Waals surface area contributed by atoms with Gasteiger partial charge in [0.2, 0.25) is 11.2 Å². The molecule has 2 nitrogen and oxygen atoms in total. The Bertz CT molecular complexity index is 1490. The van der Waals surface area contributed by atoms with E-state index in [0.717, 1.165) is 0 Å². The topological polar surface area (TPSA) is 16.8 Å². The minimum Gasteiger partial charge on any atom is -0.243 e. The van der Waals surface area contributed by atoms with Gasteiger partial charge in [0.15, 0.2) is 0 Å². The normalized spacial score (nSPS) is 14.5. The minimum absolute atomic E-state index is 0.453. The van der Waals surface area contributed by atoms with Crippen molar-refractivity contribution in [2.24, 2.45) is 7.05 Å². The molecular formula is C37H47N2+. The van der Waals surface area contributed by atoms with Gasteiger partial charge in [0.05, 0.1) is 5.56 Å². The molecule has 2 heteroatoms. The van der Waals surface area contributed by atoms with E-state index in [1.54, 1.807) is 0 Å². The van der Waals surface area contributed by atoms with Crippen LogP contribution >= 0.6 is 0 Å². The van der Waals surface area contributed by atoms with Crippen molar-refractivity contribution in [1.29, 1.82) is 0 Å². The minimum atomic E-state index is 0.453. The molecule has 0 radical (unpaired) electrons.